The zero-order valence-corrected chi connectivity index (χ0v) is 14.7. The van der Waals surface area contributed by atoms with Crippen molar-refractivity contribution in [2.75, 3.05) is 20.3 Å². The molecule has 1 heterocycles. The molecule has 1 amide bonds. The zero-order valence-electron chi connectivity index (χ0n) is 14.7. The summed E-state index contributed by atoms with van der Waals surface area (Å²) in [6.45, 7) is 5.77. The Bertz CT molecular complexity index is 567. The van der Waals surface area contributed by atoms with Gasteiger partial charge >= 0.3 is 12.1 Å². The molecule has 6 heteroatoms. The highest BCUT2D eigenvalue weighted by molar-refractivity contribution is 5.71. The SMILES string of the molecule is COC(=O)COC1C(c2ccccc2)CCN1C(=O)OC(C)(C)C. The van der Waals surface area contributed by atoms with Crippen molar-refractivity contribution in [2.45, 2.75) is 44.9 Å². The van der Waals surface area contributed by atoms with E-state index in [9.17, 15) is 9.59 Å². The minimum absolute atomic E-state index is 0.0108. The van der Waals surface area contributed by atoms with E-state index in [4.69, 9.17) is 9.47 Å². The monoisotopic (exact) mass is 335 g/mol. The molecule has 1 aromatic rings. The highest BCUT2D eigenvalue weighted by Crippen LogP contribution is 2.35. The first-order valence-corrected chi connectivity index (χ1v) is 8.05. The van der Waals surface area contributed by atoms with Crippen molar-refractivity contribution < 1.29 is 23.8 Å². The molecule has 6 nitrogen and oxygen atoms in total. The molecule has 1 aliphatic heterocycles. The van der Waals surface area contributed by atoms with Gasteiger partial charge in [0.2, 0.25) is 0 Å². The second-order valence-electron chi connectivity index (χ2n) is 6.76. The maximum absolute atomic E-state index is 12.5. The molecule has 2 rings (SSSR count). The molecular formula is C18H25NO5. The Kier molecular flexibility index (Phi) is 5.83. The largest absolute Gasteiger partial charge is 0.467 e. The standard InChI is InChI=1S/C18H25NO5/c1-18(2,3)24-17(21)19-11-10-14(13-8-6-5-7-9-13)16(19)23-12-15(20)22-4/h5-9,14,16H,10-12H2,1-4H3. The van der Waals surface area contributed by atoms with Crippen LogP contribution >= 0.6 is 0 Å². The highest BCUT2D eigenvalue weighted by atomic mass is 16.6. The van der Waals surface area contributed by atoms with Gasteiger partial charge in [-0.25, -0.2) is 9.59 Å². The van der Waals surface area contributed by atoms with Crippen LogP contribution in [0.25, 0.3) is 0 Å². The fourth-order valence-electron chi connectivity index (χ4n) is 2.73. The van der Waals surface area contributed by atoms with Crippen LogP contribution < -0.4 is 0 Å². The molecule has 0 saturated carbocycles. The molecule has 1 saturated heterocycles. The van der Waals surface area contributed by atoms with Crippen LogP contribution in [0.15, 0.2) is 30.3 Å². The third-order valence-corrected chi connectivity index (χ3v) is 3.79. The van der Waals surface area contributed by atoms with Gasteiger partial charge in [0, 0.05) is 12.5 Å². The quantitative estimate of drug-likeness (QED) is 0.792. The van der Waals surface area contributed by atoms with Crippen molar-refractivity contribution in [3.05, 3.63) is 35.9 Å². The minimum Gasteiger partial charge on any atom is -0.467 e. The molecule has 24 heavy (non-hydrogen) atoms. The lowest BCUT2D eigenvalue weighted by molar-refractivity contribution is -0.152. The lowest BCUT2D eigenvalue weighted by atomic mass is 9.97. The van der Waals surface area contributed by atoms with E-state index in [2.05, 4.69) is 4.74 Å². The number of methoxy groups -OCH3 is 1. The molecule has 1 fully saturated rings. The van der Waals surface area contributed by atoms with E-state index < -0.39 is 23.9 Å². The fraction of sp³-hybridized carbons (Fsp3) is 0.556. The number of esters is 1. The molecule has 0 radical (unpaired) electrons. The van der Waals surface area contributed by atoms with Crippen LogP contribution in [0.4, 0.5) is 4.79 Å². The van der Waals surface area contributed by atoms with Gasteiger partial charge in [-0.1, -0.05) is 30.3 Å². The van der Waals surface area contributed by atoms with Crippen LogP contribution in [0.3, 0.4) is 0 Å². The summed E-state index contributed by atoms with van der Waals surface area (Å²) in [5.74, 6) is -0.485. The molecule has 0 aromatic heterocycles. The molecule has 2 atom stereocenters. The average molecular weight is 335 g/mol. The van der Waals surface area contributed by atoms with Crippen molar-refractivity contribution in [1.29, 1.82) is 0 Å². The van der Waals surface area contributed by atoms with Gasteiger partial charge in [-0.2, -0.15) is 0 Å². The average Bonchev–Trinajstić information content (AvgIpc) is 2.95. The number of carbonyl (C=O) groups excluding carboxylic acids is 2. The number of benzene rings is 1. The Morgan fingerprint density at radius 3 is 2.46 bits per heavy atom. The smallest absolute Gasteiger partial charge is 0.412 e. The van der Waals surface area contributed by atoms with Gasteiger partial charge in [0.15, 0.2) is 0 Å². The van der Waals surface area contributed by atoms with Crippen molar-refractivity contribution in [3.63, 3.8) is 0 Å². The Morgan fingerprint density at radius 2 is 1.88 bits per heavy atom. The third kappa shape index (κ3) is 4.71. The van der Waals surface area contributed by atoms with Crippen molar-refractivity contribution in [3.8, 4) is 0 Å². The molecule has 0 N–H and O–H groups in total. The molecule has 0 spiro atoms. The van der Waals surface area contributed by atoms with E-state index in [1.54, 1.807) is 4.90 Å². The van der Waals surface area contributed by atoms with Gasteiger partial charge < -0.3 is 14.2 Å². The van der Waals surface area contributed by atoms with Gasteiger partial charge in [0.05, 0.1) is 7.11 Å². The number of carbonyl (C=O) groups is 2. The van der Waals surface area contributed by atoms with Crippen molar-refractivity contribution in [2.24, 2.45) is 0 Å². The van der Waals surface area contributed by atoms with E-state index in [0.29, 0.717) is 6.54 Å². The summed E-state index contributed by atoms with van der Waals surface area (Å²) >= 11 is 0. The van der Waals surface area contributed by atoms with Gasteiger partial charge in [0.1, 0.15) is 18.4 Å². The fourth-order valence-corrected chi connectivity index (χ4v) is 2.73. The maximum Gasteiger partial charge on any atom is 0.412 e. The molecule has 1 aliphatic rings. The number of hydrogen-bond donors (Lipinski definition) is 0. The first kappa shape index (κ1) is 18.3. The second kappa shape index (κ2) is 7.66. The Hall–Kier alpha value is -2.08. The van der Waals surface area contributed by atoms with E-state index in [1.807, 2.05) is 51.1 Å². The Balaban J connectivity index is 2.17. The summed E-state index contributed by atoms with van der Waals surface area (Å²) in [6, 6.07) is 9.83. The molecule has 2 unspecified atom stereocenters. The molecule has 1 aromatic carbocycles. The summed E-state index contributed by atoms with van der Waals surface area (Å²) in [7, 11) is 1.31. The summed E-state index contributed by atoms with van der Waals surface area (Å²) in [5, 5.41) is 0. The number of nitrogens with zero attached hydrogens (tertiary/aromatic N) is 1. The first-order valence-electron chi connectivity index (χ1n) is 8.05. The van der Waals surface area contributed by atoms with E-state index in [0.717, 1.165) is 12.0 Å². The lowest BCUT2D eigenvalue weighted by Crippen LogP contribution is -2.43. The predicted molar refractivity (Wildman–Crippen MR) is 88.5 cm³/mol. The van der Waals surface area contributed by atoms with Crippen LogP contribution in [0.5, 0.6) is 0 Å². The van der Waals surface area contributed by atoms with Crippen LogP contribution in [-0.2, 0) is 19.0 Å². The van der Waals surface area contributed by atoms with Crippen molar-refractivity contribution >= 4 is 12.1 Å². The zero-order chi connectivity index (χ0) is 17.7. The lowest BCUT2D eigenvalue weighted by Gasteiger charge is -2.30. The summed E-state index contributed by atoms with van der Waals surface area (Å²) in [6.07, 6.45) is -0.244. The summed E-state index contributed by atoms with van der Waals surface area (Å²) < 4.78 is 15.8. The van der Waals surface area contributed by atoms with Gasteiger partial charge in [-0.05, 0) is 32.8 Å². The van der Waals surface area contributed by atoms with E-state index in [-0.39, 0.29) is 12.5 Å². The Labute approximate surface area is 142 Å². The summed E-state index contributed by atoms with van der Waals surface area (Å²) in [4.78, 5) is 25.5. The van der Waals surface area contributed by atoms with E-state index >= 15 is 0 Å². The third-order valence-electron chi connectivity index (χ3n) is 3.79. The van der Waals surface area contributed by atoms with Crippen molar-refractivity contribution in [1.82, 2.24) is 4.90 Å². The number of likely N-dealkylation sites (tertiary alicyclic amines) is 1. The van der Waals surface area contributed by atoms with Crippen LogP contribution in [-0.4, -0.2) is 49.1 Å². The Morgan fingerprint density at radius 1 is 1.21 bits per heavy atom. The molecular weight excluding hydrogens is 310 g/mol. The summed E-state index contributed by atoms with van der Waals surface area (Å²) in [5.41, 5.74) is 0.480. The number of amides is 1. The normalized spacial score (nSPS) is 20.8. The van der Waals surface area contributed by atoms with Crippen LogP contribution in [0.1, 0.15) is 38.7 Å². The molecule has 0 bridgehead atoms. The number of ether oxygens (including phenoxy) is 3. The van der Waals surface area contributed by atoms with Crippen LogP contribution in [0.2, 0.25) is 0 Å². The first-order chi connectivity index (χ1) is 11.3. The van der Waals surface area contributed by atoms with Gasteiger partial charge in [-0.3, -0.25) is 4.90 Å². The number of rotatable bonds is 4. The van der Waals surface area contributed by atoms with Gasteiger partial charge in [0.25, 0.3) is 0 Å². The maximum atomic E-state index is 12.5. The van der Waals surface area contributed by atoms with Crippen LogP contribution in [0, 0.1) is 0 Å². The molecule has 132 valence electrons. The predicted octanol–water partition coefficient (Wildman–Crippen LogP) is 2.93. The highest BCUT2D eigenvalue weighted by Gasteiger charge is 2.41. The minimum atomic E-state index is -0.588. The molecule has 0 aliphatic carbocycles. The van der Waals surface area contributed by atoms with E-state index in [1.165, 1.54) is 7.11 Å². The second-order valence-corrected chi connectivity index (χ2v) is 6.76. The number of hydrogen-bond acceptors (Lipinski definition) is 5. The topological polar surface area (TPSA) is 65.1 Å². The van der Waals surface area contributed by atoms with Gasteiger partial charge in [-0.15, -0.1) is 0 Å².